The number of phenols is 1. The number of carboxylic acids is 3. The van der Waals surface area contributed by atoms with Gasteiger partial charge in [-0.1, -0.05) is 0 Å². The first-order chi connectivity index (χ1) is 7.34. The van der Waals surface area contributed by atoms with Gasteiger partial charge in [0.1, 0.15) is 11.3 Å². The van der Waals surface area contributed by atoms with Crippen LogP contribution >= 0.6 is 0 Å². The molecule has 0 saturated heterocycles. The number of rotatable bonds is 3. The molecule has 0 saturated carbocycles. The first kappa shape index (κ1) is 15.1. The number of hydrogen-bond acceptors (Lipinski definition) is 4. The SMILES string of the molecule is O=C(O)c1cc(O)c(C(=O)O)c(C(=O)O)c1.[Zn]. The summed E-state index contributed by atoms with van der Waals surface area (Å²) in [5.41, 5.74) is -2.11. The smallest absolute Gasteiger partial charge is 0.340 e. The maximum atomic E-state index is 10.7. The van der Waals surface area contributed by atoms with Crippen molar-refractivity contribution in [2.24, 2.45) is 0 Å². The van der Waals surface area contributed by atoms with Gasteiger partial charge in [-0.15, -0.1) is 0 Å². The van der Waals surface area contributed by atoms with Gasteiger partial charge in [-0.05, 0) is 12.1 Å². The summed E-state index contributed by atoms with van der Waals surface area (Å²) in [5.74, 6) is -5.64. The van der Waals surface area contributed by atoms with Crippen LogP contribution in [-0.4, -0.2) is 38.3 Å². The Balaban J connectivity index is 0.00000256. The molecule has 8 heteroatoms. The van der Waals surface area contributed by atoms with Gasteiger partial charge in [0.05, 0.1) is 11.1 Å². The second kappa shape index (κ2) is 5.40. The van der Waals surface area contributed by atoms with E-state index >= 15 is 0 Å². The number of aromatic hydroxyl groups is 1. The fourth-order valence-corrected chi connectivity index (χ4v) is 1.14. The molecule has 0 heterocycles. The van der Waals surface area contributed by atoms with Gasteiger partial charge in [0.15, 0.2) is 0 Å². The van der Waals surface area contributed by atoms with Gasteiger partial charge in [-0.25, -0.2) is 14.4 Å². The molecule has 0 aliphatic heterocycles. The molecule has 0 aliphatic rings. The zero-order valence-corrected chi connectivity index (χ0v) is 11.3. The second-order valence-corrected chi connectivity index (χ2v) is 2.83. The van der Waals surface area contributed by atoms with Crippen molar-refractivity contribution in [2.45, 2.75) is 0 Å². The molecule has 0 unspecified atom stereocenters. The molecule has 1 rings (SSSR count). The molecule has 86 valence electrons. The predicted molar refractivity (Wildman–Crippen MR) is 49.0 cm³/mol. The molecule has 1 aromatic rings. The molecule has 0 bridgehead atoms. The monoisotopic (exact) mass is 290 g/mol. The molecule has 0 spiro atoms. The Morgan fingerprint density at radius 1 is 0.882 bits per heavy atom. The maximum absolute atomic E-state index is 10.7. The average molecular weight is 292 g/mol. The fourth-order valence-electron chi connectivity index (χ4n) is 1.14. The molecule has 4 N–H and O–H groups in total. The summed E-state index contributed by atoms with van der Waals surface area (Å²) < 4.78 is 0. The third-order valence-corrected chi connectivity index (χ3v) is 1.81. The molecule has 0 aliphatic carbocycles. The Bertz CT molecular complexity index is 494. The number of benzene rings is 1. The Labute approximate surface area is 107 Å². The van der Waals surface area contributed by atoms with Crippen molar-refractivity contribution >= 4 is 17.9 Å². The molecule has 0 fully saturated rings. The third-order valence-electron chi connectivity index (χ3n) is 1.81. The minimum absolute atomic E-state index is 0. The standard InChI is InChI=1S/C9H6O7.Zn/c10-5-2-3(7(11)12)1-4(8(13)14)6(5)9(15)16;/h1-2,10H,(H,11,12)(H,13,14)(H,15,16);. The van der Waals surface area contributed by atoms with E-state index in [9.17, 15) is 19.5 Å². The van der Waals surface area contributed by atoms with Crippen molar-refractivity contribution in [1.29, 1.82) is 0 Å². The van der Waals surface area contributed by atoms with E-state index in [1.807, 2.05) is 0 Å². The van der Waals surface area contributed by atoms with Crippen molar-refractivity contribution in [2.75, 3.05) is 0 Å². The van der Waals surface area contributed by atoms with Gasteiger partial charge < -0.3 is 20.4 Å². The summed E-state index contributed by atoms with van der Waals surface area (Å²) in [5, 5.41) is 35.2. The van der Waals surface area contributed by atoms with Crippen LogP contribution in [-0.2, 0) is 19.5 Å². The molecular formula is C9H6O7Zn. The summed E-state index contributed by atoms with van der Waals surface area (Å²) in [4.78, 5) is 31.9. The van der Waals surface area contributed by atoms with Crippen molar-refractivity contribution < 1.29 is 54.3 Å². The zero-order chi connectivity index (χ0) is 12.5. The van der Waals surface area contributed by atoms with E-state index in [-0.39, 0.29) is 19.5 Å². The van der Waals surface area contributed by atoms with Crippen LogP contribution in [0.1, 0.15) is 31.1 Å². The predicted octanol–water partition coefficient (Wildman–Crippen LogP) is 0.484. The molecular weight excluding hydrogens is 285 g/mol. The Morgan fingerprint density at radius 2 is 1.41 bits per heavy atom. The molecule has 0 amide bonds. The Kier molecular flexibility index (Phi) is 4.78. The van der Waals surface area contributed by atoms with Crippen LogP contribution in [0.25, 0.3) is 0 Å². The van der Waals surface area contributed by atoms with Crippen molar-refractivity contribution in [1.82, 2.24) is 0 Å². The Hall–Kier alpha value is -1.95. The topological polar surface area (TPSA) is 132 Å². The summed E-state index contributed by atoms with van der Waals surface area (Å²) >= 11 is 0. The fraction of sp³-hybridized carbons (Fsp3) is 0. The van der Waals surface area contributed by atoms with E-state index < -0.39 is 40.3 Å². The summed E-state index contributed by atoms with van der Waals surface area (Å²) in [6, 6.07) is 1.35. The second-order valence-electron chi connectivity index (χ2n) is 2.83. The molecule has 0 radical (unpaired) electrons. The largest absolute Gasteiger partial charge is 0.507 e. The molecule has 17 heavy (non-hydrogen) atoms. The van der Waals surface area contributed by atoms with Gasteiger partial charge in [0.2, 0.25) is 0 Å². The zero-order valence-electron chi connectivity index (χ0n) is 8.38. The first-order valence-corrected chi connectivity index (χ1v) is 3.91. The van der Waals surface area contributed by atoms with Crippen LogP contribution in [0.15, 0.2) is 12.1 Å². The van der Waals surface area contributed by atoms with Gasteiger partial charge in [0, 0.05) is 19.5 Å². The van der Waals surface area contributed by atoms with E-state index in [0.717, 1.165) is 0 Å². The minimum atomic E-state index is -1.65. The van der Waals surface area contributed by atoms with Gasteiger partial charge in [0.25, 0.3) is 0 Å². The van der Waals surface area contributed by atoms with E-state index in [0.29, 0.717) is 12.1 Å². The van der Waals surface area contributed by atoms with E-state index in [1.54, 1.807) is 0 Å². The number of hydrogen-bond donors (Lipinski definition) is 4. The van der Waals surface area contributed by atoms with Crippen molar-refractivity contribution in [3.8, 4) is 5.75 Å². The number of aromatic carboxylic acids is 3. The van der Waals surface area contributed by atoms with E-state index in [2.05, 4.69) is 0 Å². The summed E-state index contributed by atoms with van der Waals surface area (Å²) in [7, 11) is 0. The number of carbonyl (C=O) groups is 3. The van der Waals surface area contributed by atoms with Gasteiger partial charge in [-0.3, -0.25) is 0 Å². The van der Waals surface area contributed by atoms with Crippen LogP contribution in [0, 0.1) is 0 Å². The van der Waals surface area contributed by atoms with Gasteiger partial charge >= 0.3 is 17.9 Å². The molecule has 0 atom stereocenters. The van der Waals surface area contributed by atoms with Crippen LogP contribution in [0.2, 0.25) is 0 Å². The third kappa shape index (κ3) is 3.01. The Morgan fingerprint density at radius 3 is 1.76 bits per heavy atom. The molecule has 7 nitrogen and oxygen atoms in total. The minimum Gasteiger partial charge on any atom is -0.507 e. The molecule has 0 aromatic heterocycles. The molecule has 1 aromatic carbocycles. The van der Waals surface area contributed by atoms with Crippen molar-refractivity contribution in [3.05, 3.63) is 28.8 Å². The van der Waals surface area contributed by atoms with Crippen LogP contribution in [0.3, 0.4) is 0 Å². The first-order valence-electron chi connectivity index (χ1n) is 3.91. The summed E-state index contributed by atoms with van der Waals surface area (Å²) in [6.45, 7) is 0. The summed E-state index contributed by atoms with van der Waals surface area (Å²) in [6.07, 6.45) is 0. The van der Waals surface area contributed by atoms with E-state index in [4.69, 9.17) is 15.3 Å². The normalized spacial score (nSPS) is 9.18. The number of carboxylic acid groups (broad SMARTS) is 3. The maximum Gasteiger partial charge on any atom is 0.340 e. The van der Waals surface area contributed by atoms with Crippen LogP contribution in [0.4, 0.5) is 0 Å². The quantitative estimate of drug-likeness (QED) is 0.595. The van der Waals surface area contributed by atoms with E-state index in [1.165, 1.54) is 0 Å². The van der Waals surface area contributed by atoms with Gasteiger partial charge in [-0.2, -0.15) is 0 Å². The van der Waals surface area contributed by atoms with Crippen LogP contribution < -0.4 is 0 Å². The van der Waals surface area contributed by atoms with Crippen LogP contribution in [0.5, 0.6) is 5.75 Å². The van der Waals surface area contributed by atoms with Crippen molar-refractivity contribution in [3.63, 3.8) is 0 Å². The average Bonchev–Trinajstić information content (AvgIpc) is 2.15.